The van der Waals surface area contributed by atoms with Gasteiger partial charge in [0.15, 0.2) is 0 Å². The lowest BCUT2D eigenvalue weighted by atomic mass is 9.85. The van der Waals surface area contributed by atoms with Crippen molar-refractivity contribution >= 4 is 5.78 Å². The standard InChI is InChI=1S/C15H24N2O3/c1-4-19-13(12-8-6-5-7-9-12)14-16-15(20-17-14)10(2)11(3)18/h10,12-13H,4-9H2,1-3H3. The Balaban J connectivity index is 2.14. The maximum atomic E-state index is 11.4. The third-order valence-electron chi connectivity index (χ3n) is 4.12. The predicted octanol–water partition coefficient (Wildman–Crippen LogP) is 3.42. The number of carbonyl (C=O) groups is 1. The van der Waals surface area contributed by atoms with Crippen LogP contribution in [0.3, 0.4) is 0 Å². The number of Topliss-reactive ketones (excluding diaryl/α,β-unsaturated/α-hetero) is 1. The van der Waals surface area contributed by atoms with E-state index in [4.69, 9.17) is 9.26 Å². The van der Waals surface area contributed by atoms with Gasteiger partial charge in [-0.2, -0.15) is 4.98 Å². The first-order valence-electron chi connectivity index (χ1n) is 7.59. The van der Waals surface area contributed by atoms with Crippen molar-refractivity contribution in [3.8, 4) is 0 Å². The van der Waals surface area contributed by atoms with Gasteiger partial charge in [0.25, 0.3) is 0 Å². The van der Waals surface area contributed by atoms with Gasteiger partial charge in [-0.25, -0.2) is 0 Å². The maximum absolute atomic E-state index is 11.4. The first-order chi connectivity index (χ1) is 9.63. The number of carbonyl (C=O) groups excluding carboxylic acids is 1. The van der Waals surface area contributed by atoms with E-state index < -0.39 is 0 Å². The van der Waals surface area contributed by atoms with Gasteiger partial charge in [0.1, 0.15) is 11.9 Å². The first kappa shape index (κ1) is 15.2. The molecule has 2 rings (SSSR count). The minimum atomic E-state index is -0.343. The first-order valence-corrected chi connectivity index (χ1v) is 7.59. The van der Waals surface area contributed by atoms with Crippen LogP contribution in [0.5, 0.6) is 0 Å². The molecule has 0 radical (unpaired) electrons. The van der Waals surface area contributed by atoms with Crippen LogP contribution in [0.15, 0.2) is 4.52 Å². The van der Waals surface area contributed by atoms with E-state index in [0.717, 1.165) is 12.8 Å². The summed E-state index contributed by atoms with van der Waals surface area (Å²) in [5, 5.41) is 4.05. The zero-order chi connectivity index (χ0) is 14.5. The lowest BCUT2D eigenvalue weighted by molar-refractivity contribution is -0.118. The van der Waals surface area contributed by atoms with E-state index >= 15 is 0 Å². The summed E-state index contributed by atoms with van der Waals surface area (Å²) in [6.07, 6.45) is 5.98. The molecule has 5 nitrogen and oxygen atoms in total. The highest BCUT2D eigenvalue weighted by Crippen LogP contribution is 2.36. The monoisotopic (exact) mass is 280 g/mol. The summed E-state index contributed by atoms with van der Waals surface area (Å²) in [6.45, 7) is 5.94. The van der Waals surface area contributed by atoms with Crippen LogP contribution in [0.1, 0.15) is 76.6 Å². The fourth-order valence-corrected chi connectivity index (χ4v) is 2.75. The highest BCUT2D eigenvalue weighted by molar-refractivity contribution is 5.81. The van der Waals surface area contributed by atoms with E-state index in [2.05, 4.69) is 10.1 Å². The summed E-state index contributed by atoms with van der Waals surface area (Å²) in [4.78, 5) is 15.8. The lowest BCUT2D eigenvalue weighted by Gasteiger charge is -2.27. The van der Waals surface area contributed by atoms with E-state index in [1.807, 2.05) is 6.92 Å². The average Bonchev–Trinajstić information content (AvgIpc) is 2.94. The molecule has 20 heavy (non-hydrogen) atoms. The van der Waals surface area contributed by atoms with Gasteiger partial charge >= 0.3 is 0 Å². The topological polar surface area (TPSA) is 65.2 Å². The molecular weight excluding hydrogens is 256 g/mol. The van der Waals surface area contributed by atoms with Gasteiger partial charge in [0.05, 0.1) is 5.92 Å². The van der Waals surface area contributed by atoms with Crippen LogP contribution >= 0.6 is 0 Å². The molecule has 0 aromatic carbocycles. The summed E-state index contributed by atoms with van der Waals surface area (Å²) in [7, 11) is 0. The van der Waals surface area contributed by atoms with E-state index in [1.54, 1.807) is 6.92 Å². The SMILES string of the molecule is CCOC(c1noc(C(C)C(C)=O)n1)C1CCCCC1. The molecule has 1 saturated carbocycles. The van der Waals surface area contributed by atoms with Crippen LogP contribution in [0.4, 0.5) is 0 Å². The molecule has 0 spiro atoms. The molecule has 0 bridgehead atoms. The van der Waals surface area contributed by atoms with Crippen LogP contribution < -0.4 is 0 Å². The Hall–Kier alpha value is -1.23. The second-order valence-electron chi connectivity index (χ2n) is 5.60. The van der Waals surface area contributed by atoms with Crippen LogP contribution in [-0.2, 0) is 9.53 Å². The molecule has 1 aromatic rings. The van der Waals surface area contributed by atoms with Crippen LogP contribution in [0.25, 0.3) is 0 Å². The molecule has 1 aliphatic carbocycles. The highest BCUT2D eigenvalue weighted by atomic mass is 16.5. The maximum Gasteiger partial charge on any atom is 0.237 e. The Kier molecular flexibility index (Phi) is 5.29. The van der Waals surface area contributed by atoms with E-state index in [9.17, 15) is 4.79 Å². The fraction of sp³-hybridized carbons (Fsp3) is 0.800. The van der Waals surface area contributed by atoms with Crippen molar-refractivity contribution in [2.24, 2.45) is 5.92 Å². The minimum absolute atomic E-state index is 0.0332. The van der Waals surface area contributed by atoms with Crippen molar-refractivity contribution in [2.45, 2.75) is 64.9 Å². The predicted molar refractivity (Wildman–Crippen MR) is 74.3 cm³/mol. The molecule has 1 aliphatic rings. The summed E-state index contributed by atoms with van der Waals surface area (Å²) in [6, 6.07) is 0. The molecule has 1 heterocycles. The molecule has 2 atom stereocenters. The normalized spacial score (nSPS) is 19.8. The molecule has 1 fully saturated rings. The molecule has 0 aliphatic heterocycles. The van der Waals surface area contributed by atoms with Crippen molar-refractivity contribution in [2.75, 3.05) is 6.61 Å². The third-order valence-corrected chi connectivity index (χ3v) is 4.12. The Morgan fingerprint density at radius 2 is 2.10 bits per heavy atom. The van der Waals surface area contributed by atoms with Crippen LogP contribution in [0, 0.1) is 5.92 Å². The third kappa shape index (κ3) is 3.45. The average molecular weight is 280 g/mol. The van der Waals surface area contributed by atoms with Gasteiger partial charge in [-0.05, 0) is 39.5 Å². The molecule has 0 saturated heterocycles. The summed E-state index contributed by atoms with van der Waals surface area (Å²) < 4.78 is 11.1. The largest absolute Gasteiger partial charge is 0.370 e. The molecule has 0 N–H and O–H groups in total. The summed E-state index contributed by atoms with van der Waals surface area (Å²) in [5.74, 6) is 1.15. The lowest BCUT2D eigenvalue weighted by Crippen LogP contribution is -2.20. The van der Waals surface area contributed by atoms with Gasteiger partial charge in [-0.1, -0.05) is 24.4 Å². The van der Waals surface area contributed by atoms with E-state index in [-0.39, 0.29) is 17.8 Å². The number of aromatic nitrogens is 2. The van der Waals surface area contributed by atoms with Crippen LogP contribution in [-0.4, -0.2) is 22.5 Å². The molecule has 1 aromatic heterocycles. The Morgan fingerprint density at radius 3 is 2.70 bits per heavy atom. The Labute approximate surface area is 120 Å². The zero-order valence-electron chi connectivity index (χ0n) is 12.6. The molecule has 112 valence electrons. The Bertz CT molecular complexity index is 438. The zero-order valence-corrected chi connectivity index (χ0v) is 12.6. The van der Waals surface area contributed by atoms with Crippen molar-refractivity contribution in [3.05, 3.63) is 11.7 Å². The molecule has 5 heteroatoms. The van der Waals surface area contributed by atoms with E-state index in [0.29, 0.717) is 24.2 Å². The van der Waals surface area contributed by atoms with Crippen molar-refractivity contribution in [3.63, 3.8) is 0 Å². The van der Waals surface area contributed by atoms with Crippen molar-refractivity contribution in [1.82, 2.24) is 10.1 Å². The summed E-state index contributed by atoms with van der Waals surface area (Å²) in [5.41, 5.74) is 0. The molecule has 2 unspecified atom stereocenters. The van der Waals surface area contributed by atoms with E-state index in [1.165, 1.54) is 26.2 Å². The van der Waals surface area contributed by atoms with Gasteiger partial charge < -0.3 is 9.26 Å². The number of hydrogen-bond donors (Lipinski definition) is 0. The van der Waals surface area contributed by atoms with Crippen molar-refractivity contribution < 1.29 is 14.1 Å². The number of hydrogen-bond acceptors (Lipinski definition) is 5. The highest BCUT2D eigenvalue weighted by Gasteiger charge is 2.30. The molecular formula is C15H24N2O3. The van der Waals surface area contributed by atoms with Crippen LogP contribution in [0.2, 0.25) is 0 Å². The number of ether oxygens (including phenoxy) is 1. The quantitative estimate of drug-likeness (QED) is 0.798. The van der Waals surface area contributed by atoms with Gasteiger partial charge in [-0.15, -0.1) is 0 Å². The van der Waals surface area contributed by atoms with Crippen molar-refractivity contribution in [1.29, 1.82) is 0 Å². The van der Waals surface area contributed by atoms with Gasteiger partial charge in [-0.3, -0.25) is 4.79 Å². The smallest absolute Gasteiger partial charge is 0.237 e. The number of nitrogens with zero attached hydrogens (tertiary/aromatic N) is 2. The number of ketones is 1. The summed E-state index contributed by atoms with van der Waals surface area (Å²) >= 11 is 0. The second kappa shape index (κ2) is 6.97. The van der Waals surface area contributed by atoms with Gasteiger partial charge in [0.2, 0.25) is 11.7 Å². The van der Waals surface area contributed by atoms with Gasteiger partial charge in [0, 0.05) is 6.61 Å². The second-order valence-corrected chi connectivity index (χ2v) is 5.60. The Morgan fingerprint density at radius 1 is 1.40 bits per heavy atom. The number of rotatable bonds is 6. The minimum Gasteiger partial charge on any atom is -0.370 e. The fourth-order valence-electron chi connectivity index (χ4n) is 2.75. The molecule has 0 amide bonds.